The lowest BCUT2D eigenvalue weighted by Crippen LogP contribution is -2.14. The number of aromatic nitrogens is 2. The van der Waals surface area contributed by atoms with Gasteiger partial charge < -0.3 is 10.4 Å². The lowest BCUT2D eigenvalue weighted by Gasteiger charge is -2.05. The van der Waals surface area contributed by atoms with E-state index in [-0.39, 0.29) is 22.3 Å². The molecule has 20 heavy (non-hydrogen) atoms. The highest BCUT2D eigenvalue weighted by Gasteiger charge is 2.18. The zero-order valence-corrected chi connectivity index (χ0v) is 10.5. The monoisotopic (exact) mass is 294 g/mol. The van der Waals surface area contributed by atoms with Gasteiger partial charge in [0.2, 0.25) is 0 Å². The molecular weight excluding hydrogens is 288 g/mol. The number of anilines is 1. The van der Waals surface area contributed by atoms with E-state index in [1.165, 1.54) is 18.3 Å². The number of nitrogens with one attached hydrogen (secondary N) is 1. The summed E-state index contributed by atoms with van der Waals surface area (Å²) >= 11 is 5.54. The largest absolute Gasteiger partial charge is 0.508 e. The number of nitro benzene ring substituents is 1. The first kappa shape index (κ1) is 13.7. The van der Waals surface area contributed by atoms with Crippen molar-refractivity contribution in [2.45, 2.75) is 0 Å². The second-order valence-electron chi connectivity index (χ2n) is 3.64. The Balaban J connectivity index is 2.28. The number of amides is 1. The summed E-state index contributed by atoms with van der Waals surface area (Å²) in [7, 11) is 0. The number of carbonyl (C=O) groups is 1. The second kappa shape index (κ2) is 5.49. The standard InChI is InChI=1S/C11H7ClN4O4/c12-10-5-13-8(4-14-10)11(18)15-7-2-1-6(17)3-9(7)16(19)20/h1-5,17H,(H,15,18). The predicted octanol–water partition coefficient (Wildman–Crippen LogP) is 2.00. The van der Waals surface area contributed by atoms with E-state index in [9.17, 15) is 20.0 Å². The van der Waals surface area contributed by atoms with E-state index in [0.29, 0.717) is 0 Å². The first-order chi connectivity index (χ1) is 9.47. The third-order valence-electron chi connectivity index (χ3n) is 2.28. The number of halogens is 1. The molecule has 102 valence electrons. The smallest absolute Gasteiger partial charge is 0.296 e. The minimum absolute atomic E-state index is 0.0447. The fourth-order valence-corrected chi connectivity index (χ4v) is 1.49. The molecule has 0 aliphatic rings. The molecule has 1 amide bonds. The van der Waals surface area contributed by atoms with Crippen LogP contribution < -0.4 is 5.32 Å². The maximum absolute atomic E-state index is 11.8. The molecule has 0 fully saturated rings. The van der Waals surface area contributed by atoms with Gasteiger partial charge >= 0.3 is 0 Å². The van der Waals surface area contributed by atoms with Gasteiger partial charge in [0.15, 0.2) is 0 Å². The Morgan fingerprint density at radius 2 is 2.10 bits per heavy atom. The zero-order chi connectivity index (χ0) is 14.7. The van der Waals surface area contributed by atoms with E-state index < -0.39 is 16.5 Å². The van der Waals surface area contributed by atoms with Gasteiger partial charge in [-0.2, -0.15) is 0 Å². The molecule has 0 aliphatic heterocycles. The molecule has 0 saturated carbocycles. The van der Waals surface area contributed by atoms with Gasteiger partial charge in [0, 0.05) is 0 Å². The molecule has 0 bridgehead atoms. The van der Waals surface area contributed by atoms with Crippen LogP contribution in [0.5, 0.6) is 5.75 Å². The number of hydrogen-bond acceptors (Lipinski definition) is 6. The summed E-state index contributed by atoms with van der Waals surface area (Å²) in [5.74, 6) is -0.955. The van der Waals surface area contributed by atoms with Crippen LogP contribution in [0.3, 0.4) is 0 Å². The van der Waals surface area contributed by atoms with Crippen molar-refractivity contribution < 1.29 is 14.8 Å². The van der Waals surface area contributed by atoms with Crippen LogP contribution in [-0.2, 0) is 0 Å². The predicted molar refractivity (Wildman–Crippen MR) is 69.8 cm³/mol. The van der Waals surface area contributed by atoms with Crippen LogP contribution in [0.15, 0.2) is 30.6 Å². The molecule has 1 aromatic heterocycles. The van der Waals surface area contributed by atoms with Crippen LogP contribution in [0.2, 0.25) is 5.15 Å². The lowest BCUT2D eigenvalue weighted by atomic mass is 10.2. The molecule has 0 aliphatic carbocycles. The number of hydrogen-bond donors (Lipinski definition) is 2. The summed E-state index contributed by atoms with van der Waals surface area (Å²) in [6.45, 7) is 0. The van der Waals surface area contributed by atoms with Gasteiger partial charge in [-0.1, -0.05) is 11.6 Å². The fourth-order valence-electron chi connectivity index (χ4n) is 1.39. The van der Waals surface area contributed by atoms with E-state index >= 15 is 0 Å². The summed E-state index contributed by atoms with van der Waals surface area (Å²) in [4.78, 5) is 29.4. The van der Waals surface area contributed by atoms with Crippen molar-refractivity contribution >= 4 is 28.9 Å². The average molecular weight is 295 g/mol. The Morgan fingerprint density at radius 3 is 2.70 bits per heavy atom. The molecule has 0 spiro atoms. The van der Waals surface area contributed by atoms with Gasteiger partial charge in [-0.15, -0.1) is 0 Å². The fraction of sp³-hybridized carbons (Fsp3) is 0. The van der Waals surface area contributed by atoms with Crippen molar-refractivity contribution in [1.29, 1.82) is 0 Å². The third kappa shape index (κ3) is 2.98. The van der Waals surface area contributed by atoms with Crippen LogP contribution in [0.25, 0.3) is 0 Å². The van der Waals surface area contributed by atoms with E-state index in [0.717, 1.165) is 12.3 Å². The Hall–Kier alpha value is -2.74. The topological polar surface area (TPSA) is 118 Å². The normalized spacial score (nSPS) is 10.1. The first-order valence-electron chi connectivity index (χ1n) is 5.23. The number of aromatic hydroxyl groups is 1. The maximum Gasteiger partial charge on any atom is 0.296 e. The Kier molecular flexibility index (Phi) is 3.76. The number of rotatable bonds is 3. The Morgan fingerprint density at radius 1 is 1.35 bits per heavy atom. The molecule has 8 nitrogen and oxygen atoms in total. The summed E-state index contributed by atoms with van der Waals surface area (Å²) in [6, 6.07) is 3.37. The van der Waals surface area contributed by atoms with Crippen molar-refractivity contribution in [2.24, 2.45) is 0 Å². The van der Waals surface area contributed by atoms with Crippen LogP contribution in [0.1, 0.15) is 10.5 Å². The minimum atomic E-state index is -0.719. The molecule has 2 aromatic rings. The SMILES string of the molecule is O=C(Nc1ccc(O)cc1[N+](=O)[O-])c1cnc(Cl)cn1. The van der Waals surface area contributed by atoms with Crippen LogP contribution in [0.4, 0.5) is 11.4 Å². The van der Waals surface area contributed by atoms with Crippen molar-refractivity contribution in [3.8, 4) is 5.75 Å². The third-order valence-corrected chi connectivity index (χ3v) is 2.47. The van der Waals surface area contributed by atoms with E-state index in [1.807, 2.05) is 0 Å². The zero-order valence-electron chi connectivity index (χ0n) is 9.78. The molecule has 0 unspecified atom stereocenters. The number of carbonyl (C=O) groups excluding carboxylic acids is 1. The Bertz CT molecular complexity index is 675. The van der Waals surface area contributed by atoms with Crippen molar-refractivity contribution in [3.05, 3.63) is 51.6 Å². The number of phenolic OH excluding ortho intramolecular Hbond substituents is 1. The van der Waals surface area contributed by atoms with Crippen LogP contribution >= 0.6 is 11.6 Å². The van der Waals surface area contributed by atoms with E-state index in [2.05, 4.69) is 15.3 Å². The molecule has 2 N–H and O–H groups in total. The van der Waals surface area contributed by atoms with Gasteiger partial charge in [-0.05, 0) is 12.1 Å². The highest BCUT2D eigenvalue weighted by Crippen LogP contribution is 2.28. The van der Waals surface area contributed by atoms with E-state index in [4.69, 9.17) is 11.6 Å². The molecule has 9 heteroatoms. The number of phenols is 1. The second-order valence-corrected chi connectivity index (χ2v) is 4.02. The van der Waals surface area contributed by atoms with Crippen molar-refractivity contribution in [2.75, 3.05) is 5.32 Å². The first-order valence-corrected chi connectivity index (χ1v) is 5.61. The molecule has 0 saturated heterocycles. The molecule has 0 atom stereocenters. The van der Waals surface area contributed by atoms with Gasteiger partial charge in [0.25, 0.3) is 11.6 Å². The summed E-state index contributed by atoms with van der Waals surface area (Å²) in [6.07, 6.45) is 2.33. The molecule has 1 heterocycles. The quantitative estimate of drug-likeness (QED) is 0.507. The van der Waals surface area contributed by atoms with Gasteiger partial charge in [0.05, 0.1) is 23.4 Å². The minimum Gasteiger partial charge on any atom is -0.508 e. The Labute approximate surface area is 117 Å². The van der Waals surface area contributed by atoms with Gasteiger partial charge in [0.1, 0.15) is 22.3 Å². The van der Waals surface area contributed by atoms with Crippen molar-refractivity contribution in [3.63, 3.8) is 0 Å². The highest BCUT2D eigenvalue weighted by molar-refractivity contribution is 6.29. The molecule has 1 aromatic carbocycles. The molecular formula is C11H7ClN4O4. The number of benzene rings is 1. The number of nitro groups is 1. The highest BCUT2D eigenvalue weighted by atomic mass is 35.5. The molecule has 2 rings (SSSR count). The van der Waals surface area contributed by atoms with Crippen LogP contribution in [0, 0.1) is 10.1 Å². The maximum atomic E-state index is 11.8. The van der Waals surface area contributed by atoms with Crippen LogP contribution in [-0.4, -0.2) is 25.9 Å². The number of nitrogens with zero attached hydrogens (tertiary/aromatic N) is 3. The summed E-state index contributed by atoms with van der Waals surface area (Å²) in [5, 5.41) is 22.5. The summed E-state index contributed by atoms with van der Waals surface area (Å²) < 4.78 is 0. The molecule has 0 radical (unpaired) electrons. The lowest BCUT2D eigenvalue weighted by molar-refractivity contribution is -0.384. The average Bonchev–Trinajstić information content (AvgIpc) is 2.41. The van der Waals surface area contributed by atoms with Gasteiger partial charge in [-0.25, -0.2) is 9.97 Å². The summed E-state index contributed by atoms with van der Waals surface area (Å²) in [5.41, 5.74) is -0.536. The van der Waals surface area contributed by atoms with Crippen molar-refractivity contribution in [1.82, 2.24) is 9.97 Å². The van der Waals surface area contributed by atoms with Gasteiger partial charge in [-0.3, -0.25) is 14.9 Å². The van der Waals surface area contributed by atoms with E-state index in [1.54, 1.807) is 0 Å².